The summed E-state index contributed by atoms with van der Waals surface area (Å²) in [5.74, 6) is -1.08. The van der Waals surface area contributed by atoms with Crippen molar-refractivity contribution < 1.29 is 28.6 Å². The van der Waals surface area contributed by atoms with Crippen LogP contribution in [0.2, 0.25) is 0 Å². The zero-order valence-corrected chi connectivity index (χ0v) is 12.5. The van der Waals surface area contributed by atoms with Gasteiger partial charge in [0.25, 0.3) is 0 Å². The Morgan fingerprint density at radius 1 is 0.682 bits per heavy atom. The normalized spacial score (nSPS) is 31.5. The number of nitrogens with zero attached hydrogens (tertiary/aromatic N) is 1. The van der Waals surface area contributed by atoms with E-state index in [1.165, 1.54) is 0 Å². The largest absolute Gasteiger partial charge is 0.465 e. The fourth-order valence-corrected chi connectivity index (χ4v) is 3.27. The summed E-state index contributed by atoms with van der Waals surface area (Å²) in [5, 5.41) is 0. The maximum absolute atomic E-state index is 11.7. The summed E-state index contributed by atoms with van der Waals surface area (Å²) in [6, 6.07) is 0. The van der Waals surface area contributed by atoms with Crippen molar-refractivity contribution in [1.82, 2.24) is 4.90 Å². The molecule has 0 aliphatic carbocycles. The topological polar surface area (TPSA) is 82.1 Å². The first-order valence-electron chi connectivity index (χ1n) is 7.85. The van der Waals surface area contributed by atoms with Gasteiger partial charge < -0.3 is 19.1 Å². The predicted molar refractivity (Wildman–Crippen MR) is 73.6 cm³/mol. The molecule has 22 heavy (non-hydrogen) atoms. The highest BCUT2D eigenvalue weighted by atomic mass is 16.5. The molecule has 3 rings (SSSR count). The second kappa shape index (κ2) is 6.64. The number of carbonyl (C=O) groups is 3. The van der Waals surface area contributed by atoms with Gasteiger partial charge in [0.1, 0.15) is 0 Å². The van der Waals surface area contributed by atoms with Gasteiger partial charge in [-0.15, -0.1) is 0 Å². The average molecular weight is 311 g/mol. The van der Waals surface area contributed by atoms with Crippen LogP contribution in [-0.4, -0.2) is 62.3 Å². The van der Waals surface area contributed by atoms with E-state index in [4.69, 9.17) is 14.2 Å². The van der Waals surface area contributed by atoms with Gasteiger partial charge >= 0.3 is 17.9 Å². The van der Waals surface area contributed by atoms with Crippen molar-refractivity contribution in [2.45, 2.75) is 19.3 Å². The Morgan fingerprint density at radius 3 is 1.23 bits per heavy atom. The summed E-state index contributed by atoms with van der Waals surface area (Å²) in [6.45, 7) is 2.92. The summed E-state index contributed by atoms with van der Waals surface area (Å²) in [6.07, 6.45) is 2.08. The van der Waals surface area contributed by atoms with Gasteiger partial charge in [0.2, 0.25) is 0 Å². The van der Waals surface area contributed by atoms with E-state index in [9.17, 15) is 14.4 Å². The fraction of sp³-hybridized carbons (Fsp3) is 0.800. The molecule has 0 unspecified atom stereocenters. The molecule has 3 aliphatic rings. The van der Waals surface area contributed by atoms with Gasteiger partial charge in [-0.25, -0.2) is 0 Å². The van der Waals surface area contributed by atoms with Gasteiger partial charge in [0.15, 0.2) is 0 Å². The minimum Gasteiger partial charge on any atom is -0.465 e. The predicted octanol–water partition coefficient (Wildman–Crippen LogP) is -0.0223. The molecule has 0 aromatic carbocycles. The highest BCUT2D eigenvalue weighted by Gasteiger charge is 2.35. The highest BCUT2D eigenvalue weighted by molar-refractivity contribution is 5.76. The highest BCUT2D eigenvalue weighted by Crippen LogP contribution is 2.23. The van der Waals surface area contributed by atoms with Crippen LogP contribution in [0.5, 0.6) is 0 Å². The van der Waals surface area contributed by atoms with Crippen molar-refractivity contribution in [2.75, 3.05) is 39.5 Å². The third kappa shape index (κ3) is 3.40. The second-order valence-electron chi connectivity index (χ2n) is 6.18. The van der Waals surface area contributed by atoms with Gasteiger partial charge in [-0.05, 0) is 19.3 Å². The number of cyclic esters (lactones) is 3. The van der Waals surface area contributed by atoms with Crippen molar-refractivity contribution in [2.24, 2.45) is 17.8 Å². The summed E-state index contributed by atoms with van der Waals surface area (Å²) in [4.78, 5) is 37.1. The molecule has 3 heterocycles. The van der Waals surface area contributed by atoms with E-state index in [1.54, 1.807) is 0 Å². The van der Waals surface area contributed by atoms with E-state index in [-0.39, 0.29) is 35.7 Å². The van der Waals surface area contributed by atoms with E-state index in [1.807, 2.05) is 4.90 Å². The van der Waals surface area contributed by atoms with Crippen molar-refractivity contribution >= 4 is 17.9 Å². The third-order valence-electron chi connectivity index (χ3n) is 4.57. The lowest BCUT2D eigenvalue weighted by Gasteiger charge is -2.27. The standard InChI is InChI=1S/C15H21NO6/c17-13-10(1-4-20-13)7-16(8-11-2-5-21-14(11)18)9-12-3-6-22-15(12)19/h10-12H,1-9H2/t10-,11-,12-/m1/s1. The van der Waals surface area contributed by atoms with Gasteiger partial charge in [-0.2, -0.15) is 0 Å². The smallest absolute Gasteiger partial charge is 0.310 e. The Kier molecular flexibility index (Phi) is 4.61. The molecule has 0 amide bonds. The molecule has 3 saturated heterocycles. The van der Waals surface area contributed by atoms with Crippen LogP contribution < -0.4 is 0 Å². The Labute approximate surface area is 128 Å². The van der Waals surface area contributed by atoms with Gasteiger partial charge in [-0.1, -0.05) is 0 Å². The number of hydrogen-bond donors (Lipinski definition) is 0. The van der Waals surface area contributed by atoms with Crippen LogP contribution in [0.25, 0.3) is 0 Å². The molecular weight excluding hydrogens is 290 g/mol. The minimum absolute atomic E-state index is 0.171. The van der Waals surface area contributed by atoms with E-state index in [2.05, 4.69) is 0 Å². The molecule has 7 nitrogen and oxygen atoms in total. The van der Waals surface area contributed by atoms with Crippen molar-refractivity contribution in [3.05, 3.63) is 0 Å². The number of ether oxygens (including phenoxy) is 3. The molecule has 0 spiro atoms. The van der Waals surface area contributed by atoms with Crippen molar-refractivity contribution in [3.8, 4) is 0 Å². The first kappa shape index (κ1) is 15.3. The van der Waals surface area contributed by atoms with Crippen molar-refractivity contribution in [1.29, 1.82) is 0 Å². The molecular formula is C15H21NO6. The van der Waals surface area contributed by atoms with Crippen LogP contribution in [0.3, 0.4) is 0 Å². The molecule has 7 heteroatoms. The zero-order chi connectivity index (χ0) is 15.5. The van der Waals surface area contributed by atoms with Crippen LogP contribution in [0.4, 0.5) is 0 Å². The maximum Gasteiger partial charge on any atom is 0.310 e. The van der Waals surface area contributed by atoms with Gasteiger partial charge in [0, 0.05) is 19.6 Å². The summed E-state index contributed by atoms with van der Waals surface area (Å²) < 4.78 is 15.0. The number of hydrogen-bond acceptors (Lipinski definition) is 7. The summed E-state index contributed by atoms with van der Waals surface area (Å²) >= 11 is 0. The lowest BCUT2D eigenvalue weighted by molar-refractivity contribution is -0.142. The van der Waals surface area contributed by atoms with Crippen LogP contribution in [0.15, 0.2) is 0 Å². The van der Waals surface area contributed by atoms with Crippen LogP contribution >= 0.6 is 0 Å². The molecule has 0 saturated carbocycles. The monoisotopic (exact) mass is 311 g/mol. The number of rotatable bonds is 6. The first-order chi connectivity index (χ1) is 10.6. The summed E-state index contributed by atoms with van der Waals surface area (Å²) in [7, 11) is 0. The average Bonchev–Trinajstić information content (AvgIpc) is 3.17. The van der Waals surface area contributed by atoms with E-state index in [0.29, 0.717) is 58.7 Å². The van der Waals surface area contributed by atoms with Crippen LogP contribution in [0, 0.1) is 17.8 Å². The van der Waals surface area contributed by atoms with Gasteiger partial charge in [0.05, 0.1) is 37.6 Å². The summed E-state index contributed by atoms with van der Waals surface area (Å²) in [5.41, 5.74) is 0. The molecule has 3 atom stereocenters. The SMILES string of the molecule is O=C1OCC[C@@H]1CN(C[C@H]1CCOC1=O)C[C@H]1CCOC1=O. The zero-order valence-electron chi connectivity index (χ0n) is 12.5. The Morgan fingerprint density at radius 2 is 1.00 bits per heavy atom. The third-order valence-corrected chi connectivity index (χ3v) is 4.57. The minimum atomic E-state index is -0.187. The lowest BCUT2D eigenvalue weighted by Crippen LogP contribution is -2.40. The quantitative estimate of drug-likeness (QED) is 0.503. The molecule has 3 aliphatic heterocycles. The molecule has 0 bridgehead atoms. The second-order valence-corrected chi connectivity index (χ2v) is 6.18. The van der Waals surface area contributed by atoms with Crippen LogP contribution in [-0.2, 0) is 28.6 Å². The Balaban J connectivity index is 1.62. The van der Waals surface area contributed by atoms with E-state index in [0.717, 1.165) is 0 Å². The van der Waals surface area contributed by atoms with E-state index < -0.39 is 0 Å². The number of esters is 3. The fourth-order valence-electron chi connectivity index (χ4n) is 3.27. The molecule has 0 N–H and O–H groups in total. The molecule has 3 fully saturated rings. The number of carbonyl (C=O) groups excluding carboxylic acids is 3. The first-order valence-corrected chi connectivity index (χ1v) is 7.85. The molecule has 122 valence electrons. The molecule has 0 aromatic rings. The Hall–Kier alpha value is -1.63. The molecule has 0 radical (unpaired) electrons. The Bertz CT molecular complexity index is 398. The lowest BCUT2D eigenvalue weighted by atomic mass is 10.0. The van der Waals surface area contributed by atoms with Crippen LogP contribution in [0.1, 0.15) is 19.3 Å². The maximum atomic E-state index is 11.7. The molecule has 0 aromatic heterocycles. The van der Waals surface area contributed by atoms with Gasteiger partial charge in [-0.3, -0.25) is 14.4 Å². The van der Waals surface area contributed by atoms with E-state index >= 15 is 0 Å². The van der Waals surface area contributed by atoms with Crippen molar-refractivity contribution in [3.63, 3.8) is 0 Å².